The lowest BCUT2D eigenvalue weighted by Crippen LogP contribution is -2.44. The van der Waals surface area contributed by atoms with Gasteiger partial charge in [-0.05, 0) is 74.3 Å². The minimum absolute atomic E-state index is 0.186. The van der Waals surface area contributed by atoms with Crippen LogP contribution < -0.4 is 19.1 Å². The molecule has 6 rings (SSSR count). The van der Waals surface area contributed by atoms with Gasteiger partial charge in [0.25, 0.3) is 15.9 Å². The van der Waals surface area contributed by atoms with Gasteiger partial charge in [0.15, 0.2) is 22.1 Å². The van der Waals surface area contributed by atoms with Gasteiger partial charge in [-0.15, -0.1) is 0 Å². The van der Waals surface area contributed by atoms with Crippen molar-refractivity contribution in [3.05, 3.63) is 42.0 Å². The number of benzene rings is 1. The number of pyridine rings is 1. The monoisotopic (exact) mass is 597 g/mol. The van der Waals surface area contributed by atoms with E-state index in [1.54, 1.807) is 24.3 Å². The van der Waals surface area contributed by atoms with Gasteiger partial charge in [-0.25, -0.2) is 9.71 Å². The third-order valence-corrected chi connectivity index (χ3v) is 10.6. The molecule has 0 spiro atoms. The first kappa shape index (κ1) is 28.9. The van der Waals surface area contributed by atoms with Crippen molar-refractivity contribution in [2.45, 2.75) is 87.5 Å². The van der Waals surface area contributed by atoms with Crippen molar-refractivity contribution in [1.82, 2.24) is 9.71 Å². The summed E-state index contributed by atoms with van der Waals surface area (Å²) in [4.78, 5) is 31.6. The number of aliphatic hydroxyl groups is 1. The highest BCUT2D eigenvalue weighted by atomic mass is 32.2. The van der Waals surface area contributed by atoms with Crippen molar-refractivity contribution in [3.8, 4) is 11.5 Å². The minimum Gasteiger partial charge on any atom is -0.486 e. The Kier molecular flexibility index (Phi) is 7.91. The molecule has 1 aromatic carbocycles. The highest BCUT2D eigenvalue weighted by Crippen LogP contribution is 2.47. The van der Waals surface area contributed by atoms with Gasteiger partial charge in [-0.1, -0.05) is 31.4 Å². The topological polar surface area (TPSA) is 135 Å². The molecule has 5 atom stereocenters. The molecule has 2 N–H and O–H groups in total. The number of ether oxygens (including phenoxy) is 2. The summed E-state index contributed by atoms with van der Waals surface area (Å²) in [6.45, 7) is 2.84. The number of hydrogen-bond donors (Lipinski definition) is 2. The Morgan fingerprint density at radius 3 is 2.64 bits per heavy atom. The highest BCUT2D eigenvalue weighted by molar-refractivity contribution is 7.90. The lowest BCUT2D eigenvalue weighted by molar-refractivity contribution is -0.128. The zero-order valence-corrected chi connectivity index (χ0v) is 24.7. The minimum atomic E-state index is -4.27. The zero-order valence-electron chi connectivity index (χ0n) is 23.9. The van der Waals surface area contributed by atoms with Crippen LogP contribution in [0.25, 0.3) is 0 Å². The third-order valence-electron chi connectivity index (χ3n) is 9.37. The first-order valence-corrected chi connectivity index (χ1v) is 16.5. The maximum absolute atomic E-state index is 13.4. The smallest absolute Gasteiger partial charge is 0.281 e. The van der Waals surface area contributed by atoms with Gasteiger partial charge < -0.3 is 24.3 Å². The molecular weight excluding hydrogens is 558 g/mol. The lowest BCUT2D eigenvalue weighted by atomic mass is 9.65. The number of aryl methyl sites for hydroxylation is 1. The standard InChI is InChI=1S/C31H39N3O7S/c1-20-9-11-26(40-25-12-10-21-5-2-3-6-23(21)24(25)19-35)27(17-20)41-31(14-15-31)30(37)33-42(38,39)29-8-4-7-28(32-29)34-16-13-22(36)18-34/h4,7-9,11,17,19,21-25,36H,2-3,5-6,10,12-16,18H2,1H3,(H,33,37)/t21?,22-,23?,24?,25?/m0/s1. The molecule has 11 heteroatoms. The molecule has 2 aromatic rings. The Balaban J connectivity index is 1.17. The number of β-amino-alcohol motifs (C(OH)–C–C–N with tert-alkyl or cyclic N) is 1. The van der Waals surface area contributed by atoms with Gasteiger partial charge >= 0.3 is 0 Å². The molecule has 1 amide bonds. The molecule has 2 heterocycles. The van der Waals surface area contributed by atoms with Gasteiger partial charge in [0, 0.05) is 25.9 Å². The van der Waals surface area contributed by atoms with Crippen LogP contribution in [0.1, 0.15) is 63.4 Å². The van der Waals surface area contributed by atoms with E-state index in [-0.39, 0.29) is 17.0 Å². The molecule has 3 saturated carbocycles. The average Bonchev–Trinajstić information content (AvgIpc) is 3.64. The predicted molar refractivity (Wildman–Crippen MR) is 155 cm³/mol. The van der Waals surface area contributed by atoms with Crippen LogP contribution in [-0.2, 0) is 19.6 Å². The summed E-state index contributed by atoms with van der Waals surface area (Å²) in [6, 6.07) is 10.1. The lowest BCUT2D eigenvalue weighted by Gasteiger charge is -2.43. The highest BCUT2D eigenvalue weighted by Gasteiger charge is 2.55. The number of amides is 1. The molecule has 1 aliphatic heterocycles. The fourth-order valence-electron chi connectivity index (χ4n) is 6.88. The Hall–Kier alpha value is -3.18. The maximum Gasteiger partial charge on any atom is 0.281 e. The molecule has 3 aliphatic carbocycles. The number of aliphatic hydroxyl groups excluding tert-OH is 1. The zero-order chi connectivity index (χ0) is 29.5. The van der Waals surface area contributed by atoms with Crippen LogP contribution in [-0.4, -0.2) is 61.6 Å². The van der Waals surface area contributed by atoms with Crippen molar-refractivity contribution >= 4 is 28.0 Å². The molecule has 0 bridgehead atoms. The van der Waals surface area contributed by atoms with Gasteiger partial charge in [0.1, 0.15) is 18.2 Å². The number of carbonyl (C=O) groups is 2. The van der Waals surface area contributed by atoms with E-state index in [9.17, 15) is 23.1 Å². The van der Waals surface area contributed by atoms with Gasteiger partial charge in [0.2, 0.25) is 0 Å². The first-order chi connectivity index (χ1) is 20.2. The molecule has 4 unspecified atom stereocenters. The van der Waals surface area contributed by atoms with E-state index >= 15 is 0 Å². The second kappa shape index (κ2) is 11.5. The average molecular weight is 598 g/mol. The molecule has 1 saturated heterocycles. The van der Waals surface area contributed by atoms with Crippen molar-refractivity contribution in [2.24, 2.45) is 17.8 Å². The summed E-state index contributed by atoms with van der Waals surface area (Å²) in [5.74, 6) is 1.20. The molecular formula is C31H39N3O7S. The molecule has 1 aromatic heterocycles. The van der Waals surface area contributed by atoms with Crippen molar-refractivity contribution in [1.29, 1.82) is 0 Å². The number of sulfonamides is 1. The number of nitrogens with zero attached hydrogens (tertiary/aromatic N) is 2. The van der Waals surface area contributed by atoms with Gasteiger partial charge in [-0.3, -0.25) is 4.79 Å². The van der Waals surface area contributed by atoms with Crippen LogP contribution in [0.15, 0.2) is 41.4 Å². The number of hydrogen-bond acceptors (Lipinski definition) is 9. The molecule has 0 radical (unpaired) electrons. The Bertz CT molecular complexity index is 1440. The van der Waals surface area contributed by atoms with E-state index in [1.807, 2.05) is 17.9 Å². The van der Waals surface area contributed by atoms with E-state index < -0.39 is 27.6 Å². The van der Waals surface area contributed by atoms with E-state index in [1.165, 1.54) is 18.9 Å². The van der Waals surface area contributed by atoms with Crippen molar-refractivity contribution < 1.29 is 32.6 Å². The Labute approximate surface area is 246 Å². The SMILES string of the molecule is Cc1ccc(OC2CCC3CCCCC3C2C=O)c(OC2(C(=O)NS(=O)(=O)c3cccc(N4CC[C@H](O)C4)n3)CC2)c1. The molecule has 4 aliphatic rings. The summed E-state index contributed by atoms with van der Waals surface area (Å²) in [5.41, 5.74) is -0.446. The van der Waals surface area contributed by atoms with Crippen LogP contribution >= 0.6 is 0 Å². The van der Waals surface area contributed by atoms with E-state index in [4.69, 9.17) is 9.47 Å². The summed E-state index contributed by atoms with van der Waals surface area (Å²) in [6.07, 6.45) is 7.96. The summed E-state index contributed by atoms with van der Waals surface area (Å²) < 4.78 is 41.3. The number of fused-ring (bicyclic) bond motifs is 1. The van der Waals surface area contributed by atoms with Crippen LogP contribution in [0.4, 0.5) is 5.82 Å². The van der Waals surface area contributed by atoms with Crippen molar-refractivity contribution in [2.75, 3.05) is 18.0 Å². The predicted octanol–water partition coefficient (Wildman–Crippen LogP) is 3.54. The van der Waals surface area contributed by atoms with E-state index in [0.717, 1.165) is 37.5 Å². The number of anilines is 1. The maximum atomic E-state index is 13.4. The fourth-order valence-corrected chi connectivity index (χ4v) is 7.88. The number of carbonyl (C=O) groups excluding carboxylic acids is 2. The summed E-state index contributed by atoms with van der Waals surface area (Å²) >= 11 is 0. The van der Waals surface area contributed by atoms with Crippen LogP contribution in [0, 0.1) is 24.7 Å². The quantitative estimate of drug-likeness (QED) is 0.416. The second-order valence-corrected chi connectivity index (χ2v) is 14.0. The molecule has 4 fully saturated rings. The van der Waals surface area contributed by atoms with Gasteiger partial charge in [0.05, 0.1) is 12.0 Å². The van der Waals surface area contributed by atoms with Gasteiger partial charge in [-0.2, -0.15) is 8.42 Å². The van der Waals surface area contributed by atoms with Crippen LogP contribution in [0.2, 0.25) is 0 Å². The number of rotatable bonds is 9. The largest absolute Gasteiger partial charge is 0.486 e. The fraction of sp³-hybridized carbons (Fsp3) is 0.581. The van der Waals surface area contributed by atoms with Crippen LogP contribution in [0.5, 0.6) is 11.5 Å². The normalized spacial score (nSPS) is 28.4. The van der Waals surface area contributed by atoms with E-state index in [2.05, 4.69) is 9.71 Å². The third kappa shape index (κ3) is 5.86. The number of aldehydes is 1. The summed E-state index contributed by atoms with van der Waals surface area (Å²) in [5, 5.41) is 9.57. The number of aromatic nitrogens is 1. The van der Waals surface area contributed by atoms with Crippen molar-refractivity contribution in [3.63, 3.8) is 0 Å². The first-order valence-electron chi connectivity index (χ1n) is 15.1. The van der Waals surface area contributed by atoms with Crippen LogP contribution in [0.3, 0.4) is 0 Å². The Morgan fingerprint density at radius 2 is 1.90 bits per heavy atom. The summed E-state index contributed by atoms with van der Waals surface area (Å²) in [7, 11) is -4.27. The molecule has 226 valence electrons. The Morgan fingerprint density at radius 1 is 1.10 bits per heavy atom. The second-order valence-electron chi connectivity index (χ2n) is 12.4. The molecule has 42 heavy (non-hydrogen) atoms. The number of nitrogens with one attached hydrogen (secondary N) is 1. The molecule has 10 nitrogen and oxygen atoms in total. The van der Waals surface area contributed by atoms with E-state index in [0.29, 0.717) is 61.5 Å².